The molecule has 0 aliphatic rings. The molecule has 106 valence electrons. The lowest BCUT2D eigenvalue weighted by atomic mass is 10.1. The van der Waals surface area contributed by atoms with E-state index in [9.17, 15) is 5.11 Å². The van der Waals surface area contributed by atoms with Crippen LogP contribution in [-0.4, -0.2) is 11.7 Å². The Bertz CT molecular complexity index is 602. The summed E-state index contributed by atoms with van der Waals surface area (Å²) in [7, 11) is 0. The van der Waals surface area contributed by atoms with Gasteiger partial charge in [0.05, 0.1) is 5.02 Å². The van der Waals surface area contributed by atoms with Crippen molar-refractivity contribution in [2.24, 2.45) is 0 Å². The van der Waals surface area contributed by atoms with Crippen molar-refractivity contribution in [2.45, 2.75) is 13.0 Å². The van der Waals surface area contributed by atoms with Crippen molar-refractivity contribution in [3.05, 3.63) is 62.6 Å². The summed E-state index contributed by atoms with van der Waals surface area (Å²) in [4.78, 5) is 0. The molecule has 2 N–H and O–H groups in total. The van der Waals surface area contributed by atoms with Crippen molar-refractivity contribution < 1.29 is 5.11 Å². The van der Waals surface area contributed by atoms with Gasteiger partial charge in [0.25, 0.3) is 0 Å². The fourth-order valence-corrected chi connectivity index (χ4v) is 2.55. The van der Waals surface area contributed by atoms with Crippen LogP contribution in [0.4, 0.5) is 0 Å². The van der Waals surface area contributed by atoms with Crippen LogP contribution in [0, 0.1) is 0 Å². The minimum atomic E-state index is 0.100. The van der Waals surface area contributed by atoms with Crippen LogP contribution in [0.2, 0.25) is 15.1 Å². The molecule has 0 amide bonds. The SMILES string of the molecule is Oc1ccc(CNCCc2ccc(Cl)cc2Cl)cc1Cl. The predicted molar refractivity (Wildman–Crippen MR) is 85.0 cm³/mol. The fraction of sp³-hybridized carbons (Fsp3) is 0.200. The number of phenolic OH excluding ortho intramolecular Hbond substituents is 1. The first-order chi connectivity index (χ1) is 9.56. The molecule has 0 aliphatic heterocycles. The highest BCUT2D eigenvalue weighted by atomic mass is 35.5. The Labute approximate surface area is 133 Å². The van der Waals surface area contributed by atoms with E-state index in [-0.39, 0.29) is 5.75 Å². The average Bonchev–Trinajstić information content (AvgIpc) is 2.40. The fourth-order valence-electron chi connectivity index (χ4n) is 1.84. The summed E-state index contributed by atoms with van der Waals surface area (Å²) < 4.78 is 0. The number of hydrogen-bond donors (Lipinski definition) is 2. The van der Waals surface area contributed by atoms with Gasteiger partial charge in [-0.15, -0.1) is 0 Å². The molecule has 2 aromatic carbocycles. The summed E-state index contributed by atoms with van der Waals surface area (Å²) in [5.41, 5.74) is 2.09. The van der Waals surface area contributed by atoms with Gasteiger partial charge < -0.3 is 10.4 Å². The van der Waals surface area contributed by atoms with Gasteiger partial charge in [-0.05, 0) is 48.4 Å². The van der Waals surface area contributed by atoms with Gasteiger partial charge >= 0.3 is 0 Å². The first-order valence-corrected chi connectivity index (χ1v) is 7.31. The van der Waals surface area contributed by atoms with Crippen LogP contribution in [0.25, 0.3) is 0 Å². The molecule has 0 heterocycles. The Balaban J connectivity index is 1.82. The molecular formula is C15H14Cl3NO. The van der Waals surface area contributed by atoms with E-state index in [2.05, 4.69) is 5.32 Å². The third-order valence-electron chi connectivity index (χ3n) is 2.93. The molecule has 2 nitrogen and oxygen atoms in total. The summed E-state index contributed by atoms with van der Waals surface area (Å²) in [5, 5.41) is 14.3. The van der Waals surface area contributed by atoms with E-state index < -0.39 is 0 Å². The number of halogens is 3. The Morgan fingerprint density at radius 1 is 0.950 bits per heavy atom. The van der Waals surface area contributed by atoms with Crippen LogP contribution in [0.5, 0.6) is 5.75 Å². The van der Waals surface area contributed by atoms with E-state index in [1.165, 1.54) is 0 Å². The van der Waals surface area contributed by atoms with Gasteiger partial charge in [0.1, 0.15) is 5.75 Å². The quantitative estimate of drug-likeness (QED) is 0.780. The average molecular weight is 331 g/mol. The second-order valence-electron chi connectivity index (χ2n) is 4.45. The topological polar surface area (TPSA) is 32.3 Å². The van der Waals surface area contributed by atoms with Crippen molar-refractivity contribution in [1.82, 2.24) is 5.32 Å². The molecular weight excluding hydrogens is 317 g/mol. The van der Waals surface area contributed by atoms with E-state index in [0.717, 1.165) is 24.1 Å². The number of phenols is 1. The lowest BCUT2D eigenvalue weighted by Gasteiger charge is -2.08. The summed E-state index contributed by atoms with van der Waals surface area (Å²) >= 11 is 17.8. The van der Waals surface area contributed by atoms with E-state index in [1.807, 2.05) is 18.2 Å². The van der Waals surface area contributed by atoms with Crippen LogP contribution in [0.1, 0.15) is 11.1 Å². The van der Waals surface area contributed by atoms with Crippen molar-refractivity contribution in [2.75, 3.05) is 6.54 Å². The highest BCUT2D eigenvalue weighted by molar-refractivity contribution is 6.35. The maximum atomic E-state index is 9.34. The van der Waals surface area contributed by atoms with E-state index in [1.54, 1.807) is 18.2 Å². The molecule has 2 rings (SSSR count). The van der Waals surface area contributed by atoms with Gasteiger partial charge in [-0.3, -0.25) is 0 Å². The van der Waals surface area contributed by atoms with Crippen LogP contribution in [-0.2, 0) is 13.0 Å². The van der Waals surface area contributed by atoms with E-state index in [0.29, 0.717) is 21.6 Å². The summed E-state index contributed by atoms with van der Waals surface area (Å²) in [5.74, 6) is 0.100. The highest BCUT2D eigenvalue weighted by Gasteiger charge is 2.02. The number of benzene rings is 2. The molecule has 0 aliphatic carbocycles. The zero-order chi connectivity index (χ0) is 14.5. The number of hydrogen-bond acceptors (Lipinski definition) is 2. The van der Waals surface area contributed by atoms with Gasteiger partial charge in [-0.25, -0.2) is 0 Å². The first-order valence-electron chi connectivity index (χ1n) is 6.18. The lowest BCUT2D eigenvalue weighted by molar-refractivity contribution is 0.475. The summed E-state index contributed by atoms with van der Waals surface area (Å²) in [6.45, 7) is 1.48. The van der Waals surface area contributed by atoms with Crippen molar-refractivity contribution in [3.8, 4) is 5.75 Å². The van der Waals surface area contributed by atoms with Gasteiger partial charge in [0.2, 0.25) is 0 Å². The second kappa shape index (κ2) is 7.19. The van der Waals surface area contributed by atoms with Crippen LogP contribution in [0.15, 0.2) is 36.4 Å². The molecule has 0 saturated heterocycles. The van der Waals surface area contributed by atoms with Gasteiger partial charge in [-0.2, -0.15) is 0 Å². The maximum Gasteiger partial charge on any atom is 0.134 e. The Kier molecular flexibility index (Phi) is 5.55. The smallest absolute Gasteiger partial charge is 0.134 e. The van der Waals surface area contributed by atoms with Crippen LogP contribution in [0.3, 0.4) is 0 Å². The molecule has 0 fully saturated rings. The maximum absolute atomic E-state index is 9.34. The van der Waals surface area contributed by atoms with Crippen LogP contribution < -0.4 is 5.32 Å². The molecule has 0 radical (unpaired) electrons. The van der Waals surface area contributed by atoms with Crippen molar-refractivity contribution >= 4 is 34.8 Å². The number of aromatic hydroxyl groups is 1. The number of nitrogens with one attached hydrogen (secondary N) is 1. The molecule has 0 bridgehead atoms. The van der Waals surface area contributed by atoms with Crippen molar-refractivity contribution in [1.29, 1.82) is 0 Å². The van der Waals surface area contributed by atoms with Crippen molar-refractivity contribution in [3.63, 3.8) is 0 Å². The zero-order valence-corrected chi connectivity index (χ0v) is 12.9. The molecule has 5 heteroatoms. The Morgan fingerprint density at radius 3 is 2.45 bits per heavy atom. The third-order valence-corrected chi connectivity index (χ3v) is 3.82. The molecule has 0 atom stereocenters. The second-order valence-corrected chi connectivity index (χ2v) is 5.70. The van der Waals surface area contributed by atoms with Gasteiger partial charge in [0, 0.05) is 16.6 Å². The lowest BCUT2D eigenvalue weighted by Crippen LogP contribution is -2.16. The van der Waals surface area contributed by atoms with Crippen LogP contribution >= 0.6 is 34.8 Å². The highest BCUT2D eigenvalue weighted by Crippen LogP contribution is 2.23. The molecule has 0 spiro atoms. The normalized spacial score (nSPS) is 10.8. The number of rotatable bonds is 5. The predicted octanol–water partition coefficient (Wildman–Crippen LogP) is 4.68. The molecule has 0 unspecified atom stereocenters. The summed E-state index contributed by atoms with van der Waals surface area (Å²) in [6, 6.07) is 10.7. The van der Waals surface area contributed by atoms with Gasteiger partial charge in [-0.1, -0.05) is 46.9 Å². The largest absolute Gasteiger partial charge is 0.506 e. The zero-order valence-electron chi connectivity index (χ0n) is 10.7. The minimum absolute atomic E-state index is 0.100. The Morgan fingerprint density at radius 2 is 1.75 bits per heavy atom. The molecule has 0 aromatic heterocycles. The Hall–Kier alpha value is -0.930. The third kappa shape index (κ3) is 4.29. The van der Waals surface area contributed by atoms with Gasteiger partial charge in [0.15, 0.2) is 0 Å². The first kappa shape index (κ1) is 15.5. The standard InChI is InChI=1S/C15H14Cl3NO/c16-12-3-2-11(13(17)8-12)5-6-19-9-10-1-4-15(20)14(18)7-10/h1-4,7-8,19-20H,5-6,9H2. The minimum Gasteiger partial charge on any atom is -0.506 e. The molecule has 20 heavy (non-hydrogen) atoms. The van der Waals surface area contributed by atoms with E-state index in [4.69, 9.17) is 34.8 Å². The molecule has 0 saturated carbocycles. The van der Waals surface area contributed by atoms with E-state index >= 15 is 0 Å². The summed E-state index contributed by atoms with van der Waals surface area (Å²) in [6.07, 6.45) is 0.821. The monoisotopic (exact) mass is 329 g/mol. The molecule has 2 aromatic rings.